The molecule has 0 aliphatic rings. The molecule has 0 amide bonds. The molecule has 10 heavy (non-hydrogen) atoms. The summed E-state index contributed by atoms with van der Waals surface area (Å²) in [7, 11) is 0. The molecule has 58 valence electrons. The van der Waals surface area contributed by atoms with E-state index >= 15 is 0 Å². The Labute approximate surface area is 61.6 Å². The molecular formula is C8H14O2. The largest absolute Gasteiger partial charge is 0.512 e. The molecule has 2 nitrogen and oxygen atoms in total. The van der Waals surface area contributed by atoms with E-state index in [1.54, 1.807) is 13.8 Å². The fraction of sp³-hybridized carbons (Fsp3) is 0.625. The van der Waals surface area contributed by atoms with E-state index in [9.17, 15) is 4.79 Å². The lowest BCUT2D eigenvalue weighted by atomic mass is 10.1. The van der Waals surface area contributed by atoms with Crippen LogP contribution in [-0.4, -0.2) is 10.9 Å². The lowest BCUT2D eigenvalue weighted by Crippen LogP contribution is -2.00. The van der Waals surface area contributed by atoms with Crippen molar-refractivity contribution in [2.24, 2.45) is 0 Å². The van der Waals surface area contributed by atoms with Crippen molar-refractivity contribution in [1.29, 1.82) is 0 Å². The Morgan fingerprint density at radius 2 is 1.80 bits per heavy atom. The summed E-state index contributed by atoms with van der Waals surface area (Å²) in [5.74, 6) is 0.242. The Balaban J connectivity index is 4.30. The predicted molar refractivity (Wildman–Crippen MR) is 40.9 cm³/mol. The standard InChI is InChI=1S/C8H14O2/c1-4-7(9)6(3)8(10)5-2/h9H,4-5H2,1-3H3/b7-6-. The topological polar surface area (TPSA) is 37.3 Å². The van der Waals surface area contributed by atoms with Gasteiger partial charge in [0.1, 0.15) is 0 Å². The summed E-state index contributed by atoms with van der Waals surface area (Å²) in [6.45, 7) is 5.27. The van der Waals surface area contributed by atoms with Gasteiger partial charge in [0, 0.05) is 18.4 Å². The summed E-state index contributed by atoms with van der Waals surface area (Å²) in [4.78, 5) is 10.9. The van der Waals surface area contributed by atoms with Crippen LogP contribution in [0.25, 0.3) is 0 Å². The second kappa shape index (κ2) is 4.09. The van der Waals surface area contributed by atoms with E-state index in [1.807, 2.05) is 6.92 Å². The third kappa shape index (κ3) is 2.21. The predicted octanol–water partition coefficient (Wildman–Crippen LogP) is 2.21. The van der Waals surface area contributed by atoms with E-state index in [2.05, 4.69) is 0 Å². The van der Waals surface area contributed by atoms with Gasteiger partial charge in [0.15, 0.2) is 5.78 Å². The molecular weight excluding hydrogens is 128 g/mol. The number of hydrogen-bond acceptors (Lipinski definition) is 2. The maximum Gasteiger partial charge on any atom is 0.161 e. The molecule has 0 unspecified atom stereocenters. The zero-order valence-corrected chi connectivity index (χ0v) is 6.77. The Morgan fingerprint density at radius 3 is 2.10 bits per heavy atom. The van der Waals surface area contributed by atoms with Gasteiger partial charge in [-0.1, -0.05) is 13.8 Å². The lowest BCUT2D eigenvalue weighted by Gasteiger charge is -1.99. The van der Waals surface area contributed by atoms with Crippen LogP contribution in [-0.2, 0) is 4.79 Å². The van der Waals surface area contributed by atoms with E-state index in [4.69, 9.17) is 5.11 Å². The minimum absolute atomic E-state index is 0.0272. The van der Waals surface area contributed by atoms with Crippen molar-refractivity contribution in [2.75, 3.05) is 0 Å². The molecule has 0 atom stereocenters. The summed E-state index contributed by atoms with van der Waals surface area (Å²) >= 11 is 0. The van der Waals surface area contributed by atoms with Crippen LogP contribution in [0.15, 0.2) is 11.3 Å². The zero-order valence-electron chi connectivity index (χ0n) is 6.77. The smallest absolute Gasteiger partial charge is 0.161 e. The Kier molecular flexibility index (Phi) is 3.77. The highest BCUT2D eigenvalue weighted by Crippen LogP contribution is 2.06. The van der Waals surface area contributed by atoms with E-state index < -0.39 is 0 Å². The number of allylic oxidation sites excluding steroid dienone is 2. The third-order valence-corrected chi connectivity index (χ3v) is 1.51. The zero-order chi connectivity index (χ0) is 8.15. The van der Waals surface area contributed by atoms with Crippen molar-refractivity contribution >= 4 is 5.78 Å². The maximum absolute atomic E-state index is 10.9. The number of carbonyl (C=O) groups excluding carboxylic acids is 1. The van der Waals surface area contributed by atoms with Crippen LogP contribution in [0.4, 0.5) is 0 Å². The van der Waals surface area contributed by atoms with Gasteiger partial charge >= 0.3 is 0 Å². The molecule has 0 saturated heterocycles. The molecule has 0 aliphatic carbocycles. The minimum Gasteiger partial charge on any atom is -0.512 e. The molecule has 0 aromatic carbocycles. The van der Waals surface area contributed by atoms with Crippen LogP contribution < -0.4 is 0 Å². The van der Waals surface area contributed by atoms with Crippen molar-refractivity contribution in [3.05, 3.63) is 11.3 Å². The number of aliphatic hydroxyl groups is 1. The third-order valence-electron chi connectivity index (χ3n) is 1.51. The number of rotatable bonds is 3. The molecule has 0 rings (SSSR count). The quantitative estimate of drug-likeness (QED) is 0.484. The second-order valence-electron chi connectivity index (χ2n) is 2.20. The number of Topliss-reactive ketones (excluding diaryl/α,β-unsaturated/α-hetero) is 1. The van der Waals surface area contributed by atoms with Gasteiger partial charge in [-0.25, -0.2) is 0 Å². The van der Waals surface area contributed by atoms with Gasteiger partial charge in [0.05, 0.1) is 5.76 Å². The van der Waals surface area contributed by atoms with Crippen molar-refractivity contribution in [2.45, 2.75) is 33.6 Å². The normalized spacial score (nSPS) is 12.7. The number of aliphatic hydroxyl groups excluding tert-OH is 1. The van der Waals surface area contributed by atoms with Crippen LogP contribution >= 0.6 is 0 Å². The average molecular weight is 142 g/mol. The fourth-order valence-corrected chi connectivity index (χ4v) is 0.691. The maximum atomic E-state index is 10.9. The first-order valence-electron chi connectivity index (χ1n) is 3.55. The van der Waals surface area contributed by atoms with Gasteiger partial charge in [0.2, 0.25) is 0 Å². The van der Waals surface area contributed by atoms with Crippen LogP contribution in [0.2, 0.25) is 0 Å². The van der Waals surface area contributed by atoms with Crippen LogP contribution in [0, 0.1) is 0 Å². The van der Waals surface area contributed by atoms with Gasteiger partial charge in [-0.3, -0.25) is 4.79 Å². The molecule has 1 N–H and O–H groups in total. The highest BCUT2D eigenvalue weighted by Gasteiger charge is 2.04. The number of ketones is 1. The van der Waals surface area contributed by atoms with E-state index in [0.29, 0.717) is 18.4 Å². The summed E-state index contributed by atoms with van der Waals surface area (Å²) in [5.41, 5.74) is 0.505. The molecule has 0 aromatic heterocycles. The van der Waals surface area contributed by atoms with Gasteiger partial charge in [-0.2, -0.15) is 0 Å². The first-order valence-corrected chi connectivity index (χ1v) is 3.55. The SMILES string of the molecule is CCC(=O)/C(C)=C(\O)CC. The molecule has 0 radical (unpaired) electrons. The van der Waals surface area contributed by atoms with Gasteiger partial charge in [-0.15, -0.1) is 0 Å². The van der Waals surface area contributed by atoms with Gasteiger partial charge in [-0.05, 0) is 6.92 Å². The van der Waals surface area contributed by atoms with E-state index in [-0.39, 0.29) is 11.5 Å². The van der Waals surface area contributed by atoms with Crippen molar-refractivity contribution < 1.29 is 9.90 Å². The Bertz CT molecular complexity index is 157. The van der Waals surface area contributed by atoms with Crippen LogP contribution in [0.5, 0.6) is 0 Å². The molecule has 0 aliphatic heterocycles. The average Bonchev–Trinajstić information content (AvgIpc) is 2.00. The van der Waals surface area contributed by atoms with Crippen molar-refractivity contribution in [3.8, 4) is 0 Å². The minimum atomic E-state index is 0.0272. The summed E-state index contributed by atoms with van der Waals surface area (Å²) in [5, 5.41) is 9.09. The van der Waals surface area contributed by atoms with Crippen LogP contribution in [0.3, 0.4) is 0 Å². The highest BCUT2D eigenvalue weighted by atomic mass is 16.3. The highest BCUT2D eigenvalue weighted by molar-refractivity contribution is 5.94. The number of carbonyl (C=O) groups is 1. The fourth-order valence-electron chi connectivity index (χ4n) is 0.691. The summed E-state index contributed by atoms with van der Waals surface area (Å²) in [6, 6.07) is 0. The lowest BCUT2D eigenvalue weighted by molar-refractivity contribution is -0.115. The van der Waals surface area contributed by atoms with Crippen molar-refractivity contribution in [3.63, 3.8) is 0 Å². The second-order valence-corrected chi connectivity index (χ2v) is 2.20. The van der Waals surface area contributed by atoms with Gasteiger partial charge < -0.3 is 5.11 Å². The van der Waals surface area contributed by atoms with E-state index in [1.165, 1.54) is 0 Å². The molecule has 0 fully saturated rings. The molecule has 0 aromatic rings. The first-order chi connectivity index (χ1) is 4.63. The van der Waals surface area contributed by atoms with Gasteiger partial charge in [0.25, 0.3) is 0 Å². The molecule has 2 heteroatoms. The molecule has 0 bridgehead atoms. The first kappa shape index (κ1) is 9.21. The Hall–Kier alpha value is -0.790. The van der Waals surface area contributed by atoms with E-state index in [0.717, 1.165) is 0 Å². The molecule has 0 heterocycles. The molecule has 0 saturated carbocycles. The summed E-state index contributed by atoms with van der Waals surface area (Å²) < 4.78 is 0. The monoisotopic (exact) mass is 142 g/mol. The van der Waals surface area contributed by atoms with Crippen LogP contribution in [0.1, 0.15) is 33.6 Å². The van der Waals surface area contributed by atoms with Crippen molar-refractivity contribution in [1.82, 2.24) is 0 Å². The molecule has 0 spiro atoms. The Morgan fingerprint density at radius 1 is 1.30 bits per heavy atom. The summed E-state index contributed by atoms with van der Waals surface area (Å²) in [6.07, 6.45) is 1.01. The number of hydrogen-bond donors (Lipinski definition) is 1.